The molecule has 0 unspecified atom stereocenters. The number of aromatic nitrogens is 1. The van der Waals surface area contributed by atoms with E-state index < -0.39 is 0 Å². The van der Waals surface area contributed by atoms with E-state index in [2.05, 4.69) is 11.5 Å². The highest BCUT2D eigenvalue weighted by Crippen LogP contribution is 2.39. The van der Waals surface area contributed by atoms with Gasteiger partial charge in [-0.05, 0) is 24.5 Å². The number of hydrogen-bond donors (Lipinski definition) is 0. The number of fused-ring (bicyclic) bond motifs is 1. The third-order valence-corrected chi connectivity index (χ3v) is 4.78. The predicted octanol–water partition coefficient (Wildman–Crippen LogP) is 0.960. The molecule has 0 saturated heterocycles. The van der Waals surface area contributed by atoms with E-state index in [1.807, 2.05) is 23.2 Å². The van der Waals surface area contributed by atoms with E-state index in [4.69, 9.17) is 4.74 Å². The van der Waals surface area contributed by atoms with Gasteiger partial charge in [0, 0.05) is 38.4 Å². The van der Waals surface area contributed by atoms with Gasteiger partial charge in [0.25, 0.3) is 0 Å². The summed E-state index contributed by atoms with van der Waals surface area (Å²) in [6.07, 6.45) is 2.83. The standard InChI is InChI=1S/C17H25N3O3/c1-12-7-15(12)17(22)20-8-13-5-4-6-19(13)9-14(10-20)23-11-16(21)18(2)3/h4-6,12,14-15H,7-11H2,1-3H3/t12-,14+,15-/m1/s1. The normalized spacial score (nSPS) is 26.4. The number of carbonyl (C=O) groups is 2. The number of hydrogen-bond acceptors (Lipinski definition) is 3. The molecule has 23 heavy (non-hydrogen) atoms. The maximum Gasteiger partial charge on any atom is 0.248 e. The van der Waals surface area contributed by atoms with Gasteiger partial charge in [0.2, 0.25) is 11.8 Å². The number of rotatable bonds is 4. The third kappa shape index (κ3) is 3.58. The van der Waals surface area contributed by atoms with Gasteiger partial charge in [0.15, 0.2) is 0 Å². The first-order valence-corrected chi connectivity index (χ1v) is 8.20. The fourth-order valence-electron chi connectivity index (χ4n) is 3.05. The smallest absolute Gasteiger partial charge is 0.248 e. The lowest BCUT2D eigenvalue weighted by molar-refractivity contribution is -0.139. The van der Waals surface area contributed by atoms with Crippen LogP contribution in [0, 0.1) is 11.8 Å². The van der Waals surface area contributed by atoms with Crippen molar-refractivity contribution < 1.29 is 14.3 Å². The second-order valence-corrected chi connectivity index (χ2v) is 6.91. The predicted molar refractivity (Wildman–Crippen MR) is 85.6 cm³/mol. The van der Waals surface area contributed by atoms with Gasteiger partial charge in [-0.25, -0.2) is 0 Å². The summed E-state index contributed by atoms with van der Waals surface area (Å²) in [6, 6.07) is 4.04. The zero-order chi connectivity index (χ0) is 16.6. The summed E-state index contributed by atoms with van der Waals surface area (Å²) in [7, 11) is 3.43. The first-order chi connectivity index (χ1) is 11.0. The Morgan fingerprint density at radius 3 is 2.74 bits per heavy atom. The van der Waals surface area contributed by atoms with Crippen molar-refractivity contribution in [1.29, 1.82) is 0 Å². The molecule has 126 valence electrons. The number of amides is 2. The van der Waals surface area contributed by atoms with E-state index in [9.17, 15) is 9.59 Å². The number of ether oxygens (including phenoxy) is 1. The van der Waals surface area contributed by atoms with Crippen molar-refractivity contribution in [1.82, 2.24) is 14.4 Å². The Balaban J connectivity index is 1.70. The maximum absolute atomic E-state index is 12.6. The van der Waals surface area contributed by atoms with Gasteiger partial charge in [-0.3, -0.25) is 9.59 Å². The Kier molecular flexibility index (Phi) is 4.43. The van der Waals surface area contributed by atoms with Gasteiger partial charge in [-0.15, -0.1) is 0 Å². The molecule has 0 bridgehead atoms. The fourth-order valence-corrected chi connectivity index (χ4v) is 3.05. The van der Waals surface area contributed by atoms with Crippen molar-refractivity contribution in [2.75, 3.05) is 27.2 Å². The summed E-state index contributed by atoms with van der Waals surface area (Å²) in [5.74, 6) is 0.822. The summed E-state index contributed by atoms with van der Waals surface area (Å²) >= 11 is 0. The van der Waals surface area contributed by atoms with Crippen LogP contribution in [0.2, 0.25) is 0 Å². The third-order valence-electron chi connectivity index (χ3n) is 4.78. The molecule has 1 aromatic rings. The highest BCUT2D eigenvalue weighted by molar-refractivity contribution is 5.81. The zero-order valence-corrected chi connectivity index (χ0v) is 14.1. The van der Waals surface area contributed by atoms with Gasteiger partial charge in [-0.2, -0.15) is 0 Å². The van der Waals surface area contributed by atoms with Gasteiger partial charge < -0.3 is 19.1 Å². The van der Waals surface area contributed by atoms with Crippen molar-refractivity contribution in [2.45, 2.75) is 32.5 Å². The SMILES string of the molecule is C[C@@H]1C[C@H]1C(=O)N1Cc2cccn2C[C@H](OCC(=O)N(C)C)C1. The largest absolute Gasteiger partial charge is 0.365 e. The molecule has 2 amide bonds. The van der Waals surface area contributed by atoms with Crippen LogP contribution in [-0.4, -0.2) is 59.5 Å². The molecule has 3 atom stereocenters. The highest BCUT2D eigenvalue weighted by atomic mass is 16.5. The van der Waals surface area contributed by atoms with Crippen molar-refractivity contribution in [3.05, 3.63) is 24.0 Å². The minimum atomic E-state index is -0.162. The average molecular weight is 319 g/mol. The van der Waals surface area contributed by atoms with E-state index in [1.165, 1.54) is 4.90 Å². The van der Waals surface area contributed by atoms with Crippen LogP contribution >= 0.6 is 0 Å². The molecule has 0 aromatic carbocycles. The van der Waals surface area contributed by atoms with Crippen LogP contribution in [0.4, 0.5) is 0 Å². The van der Waals surface area contributed by atoms with Crippen LogP contribution in [0.25, 0.3) is 0 Å². The molecule has 0 N–H and O–H groups in total. The molecule has 0 radical (unpaired) electrons. The lowest BCUT2D eigenvalue weighted by Gasteiger charge is -2.25. The van der Waals surface area contributed by atoms with Crippen molar-refractivity contribution >= 4 is 11.8 Å². The summed E-state index contributed by atoms with van der Waals surface area (Å²) < 4.78 is 7.93. The minimum absolute atomic E-state index is 0.0517. The second-order valence-electron chi connectivity index (χ2n) is 6.91. The second kappa shape index (κ2) is 6.35. The summed E-state index contributed by atoms with van der Waals surface area (Å²) in [6.45, 7) is 4.01. The van der Waals surface area contributed by atoms with E-state index in [-0.39, 0.29) is 30.4 Å². The van der Waals surface area contributed by atoms with Gasteiger partial charge in [-0.1, -0.05) is 6.92 Å². The van der Waals surface area contributed by atoms with E-state index >= 15 is 0 Å². The molecule has 2 heterocycles. The van der Waals surface area contributed by atoms with E-state index in [0.717, 1.165) is 12.1 Å². The molecule has 3 rings (SSSR count). The number of nitrogens with zero attached hydrogens (tertiary/aromatic N) is 3. The summed E-state index contributed by atoms with van der Waals surface area (Å²) in [4.78, 5) is 27.8. The van der Waals surface area contributed by atoms with Gasteiger partial charge >= 0.3 is 0 Å². The summed E-state index contributed by atoms with van der Waals surface area (Å²) in [5.41, 5.74) is 1.12. The lowest BCUT2D eigenvalue weighted by atomic mass is 10.2. The Morgan fingerprint density at radius 1 is 1.35 bits per heavy atom. The molecule has 6 nitrogen and oxygen atoms in total. The van der Waals surface area contributed by atoms with Crippen LogP contribution in [-0.2, 0) is 27.4 Å². The summed E-state index contributed by atoms with van der Waals surface area (Å²) in [5, 5.41) is 0. The number of likely N-dealkylation sites (N-methyl/N-ethyl adjacent to an activating group) is 1. The van der Waals surface area contributed by atoms with Crippen LogP contribution in [0.3, 0.4) is 0 Å². The fraction of sp³-hybridized carbons (Fsp3) is 0.647. The van der Waals surface area contributed by atoms with Crippen molar-refractivity contribution in [3.8, 4) is 0 Å². The molecule has 6 heteroatoms. The Labute approximate surface area is 137 Å². The molecule has 1 aliphatic heterocycles. The molecule has 0 spiro atoms. The minimum Gasteiger partial charge on any atom is -0.365 e. The Morgan fingerprint density at radius 2 is 2.09 bits per heavy atom. The van der Waals surface area contributed by atoms with Gasteiger partial charge in [0.1, 0.15) is 6.61 Å². The van der Waals surface area contributed by atoms with Crippen LogP contribution in [0.5, 0.6) is 0 Å². The molecule has 1 saturated carbocycles. The van der Waals surface area contributed by atoms with Gasteiger partial charge in [0.05, 0.1) is 19.2 Å². The molecule has 1 aliphatic carbocycles. The number of carbonyl (C=O) groups excluding carboxylic acids is 2. The molecular weight excluding hydrogens is 294 g/mol. The average Bonchev–Trinajstić information content (AvgIpc) is 3.14. The maximum atomic E-state index is 12.6. The Bertz CT molecular complexity index is 596. The van der Waals surface area contributed by atoms with Crippen molar-refractivity contribution in [2.24, 2.45) is 11.8 Å². The van der Waals surface area contributed by atoms with E-state index in [0.29, 0.717) is 25.6 Å². The van der Waals surface area contributed by atoms with Crippen LogP contribution in [0.1, 0.15) is 19.0 Å². The lowest BCUT2D eigenvalue weighted by Crippen LogP contribution is -2.39. The van der Waals surface area contributed by atoms with Crippen LogP contribution in [0.15, 0.2) is 18.3 Å². The van der Waals surface area contributed by atoms with E-state index in [1.54, 1.807) is 14.1 Å². The first-order valence-electron chi connectivity index (χ1n) is 8.20. The topological polar surface area (TPSA) is 54.8 Å². The zero-order valence-electron chi connectivity index (χ0n) is 14.1. The van der Waals surface area contributed by atoms with Crippen molar-refractivity contribution in [3.63, 3.8) is 0 Å². The van der Waals surface area contributed by atoms with Crippen LogP contribution < -0.4 is 0 Å². The molecule has 1 aromatic heterocycles. The molecule has 2 aliphatic rings. The molecular formula is C17H25N3O3. The molecule has 1 fully saturated rings. The monoisotopic (exact) mass is 319 g/mol. The quantitative estimate of drug-likeness (QED) is 0.831. The first kappa shape index (κ1) is 16.1. The highest BCUT2D eigenvalue weighted by Gasteiger charge is 2.42. The Hall–Kier alpha value is -1.82.